The Kier molecular flexibility index (Phi) is 7.02. The van der Waals surface area contributed by atoms with E-state index in [-0.39, 0.29) is 30.6 Å². The van der Waals surface area contributed by atoms with Crippen LogP contribution < -0.4 is 4.74 Å². The van der Waals surface area contributed by atoms with E-state index in [1.807, 2.05) is 0 Å². The summed E-state index contributed by atoms with van der Waals surface area (Å²) < 4.78 is 24.6. The molecule has 3 rings (SSSR count). The van der Waals surface area contributed by atoms with Gasteiger partial charge in [0.15, 0.2) is 12.4 Å². The van der Waals surface area contributed by atoms with Gasteiger partial charge in [0, 0.05) is 10.0 Å². The second-order valence-corrected chi connectivity index (χ2v) is 6.79. The first-order chi connectivity index (χ1) is 14.5. The minimum atomic E-state index is -0.768. The number of carbonyl (C=O) groups excluding carboxylic acids is 2. The summed E-state index contributed by atoms with van der Waals surface area (Å²) in [5, 5.41) is 11.5. The van der Waals surface area contributed by atoms with Crippen LogP contribution in [0.4, 0.5) is 4.39 Å². The molecule has 0 radical (unpaired) electrons. The van der Waals surface area contributed by atoms with Crippen molar-refractivity contribution in [3.05, 3.63) is 75.6 Å². The fourth-order valence-corrected chi connectivity index (χ4v) is 2.62. The predicted octanol–water partition coefficient (Wildman–Crippen LogP) is 3.50. The zero-order chi connectivity index (χ0) is 21.5. The van der Waals surface area contributed by atoms with Gasteiger partial charge in [-0.3, -0.25) is 4.79 Å². The summed E-state index contributed by atoms with van der Waals surface area (Å²) >= 11 is 3.30. The summed E-state index contributed by atoms with van der Waals surface area (Å²) in [5.74, 6) is -1.68. The molecule has 154 valence electrons. The van der Waals surface area contributed by atoms with E-state index in [1.165, 1.54) is 24.4 Å². The van der Waals surface area contributed by atoms with Gasteiger partial charge in [-0.15, -0.1) is 5.10 Å². The lowest BCUT2D eigenvalue weighted by Gasteiger charge is -2.07. The molecule has 0 spiro atoms. The van der Waals surface area contributed by atoms with Crippen molar-refractivity contribution in [3.8, 4) is 5.88 Å². The summed E-state index contributed by atoms with van der Waals surface area (Å²) in [6, 6.07) is 12.5. The summed E-state index contributed by atoms with van der Waals surface area (Å²) in [7, 11) is 0. The number of hydrogen-bond acceptors (Lipinski definition) is 7. The first kappa shape index (κ1) is 21.3. The van der Waals surface area contributed by atoms with Crippen LogP contribution >= 0.6 is 15.9 Å². The number of carbonyl (C=O) groups is 2. The van der Waals surface area contributed by atoms with Crippen molar-refractivity contribution < 1.29 is 23.5 Å². The van der Waals surface area contributed by atoms with E-state index in [2.05, 4.69) is 31.3 Å². The van der Waals surface area contributed by atoms with E-state index < -0.39 is 11.8 Å². The number of hydrogen-bond donors (Lipinski definition) is 0. The quantitative estimate of drug-likeness (QED) is 0.281. The third kappa shape index (κ3) is 5.35. The van der Waals surface area contributed by atoms with E-state index in [0.29, 0.717) is 11.1 Å². The molecule has 0 aliphatic carbocycles. The first-order valence-electron chi connectivity index (χ1n) is 8.82. The maximum atomic E-state index is 13.3. The molecule has 1 aromatic heterocycles. The number of ether oxygens (including phenoxy) is 2. The lowest BCUT2D eigenvalue weighted by atomic mass is 10.1. The molecule has 3 aromatic rings. The second-order valence-electron chi connectivity index (χ2n) is 5.87. The summed E-state index contributed by atoms with van der Waals surface area (Å²) in [4.78, 5) is 25.5. The Hall–Kier alpha value is -3.40. The molecule has 10 heteroatoms. The fourth-order valence-electron chi connectivity index (χ4n) is 2.36. The number of rotatable bonds is 8. The van der Waals surface area contributed by atoms with E-state index in [9.17, 15) is 14.0 Å². The van der Waals surface area contributed by atoms with Crippen LogP contribution in [0.1, 0.15) is 33.3 Å². The van der Waals surface area contributed by atoms with E-state index in [0.717, 1.165) is 9.26 Å². The largest absolute Gasteiger partial charge is 0.466 e. The van der Waals surface area contributed by atoms with E-state index >= 15 is 0 Å². The molecule has 0 amide bonds. The predicted molar refractivity (Wildman–Crippen MR) is 109 cm³/mol. The van der Waals surface area contributed by atoms with Gasteiger partial charge in [0.2, 0.25) is 5.69 Å². The van der Waals surface area contributed by atoms with Crippen molar-refractivity contribution in [1.82, 2.24) is 15.1 Å². The average Bonchev–Trinajstić information content (AvgIpc) is 3.14. The highest BCUT2D eigenvalue weighted by Crippen LogP contribution is 2.18. The Balaban J connectivity index is 1.84. The molecule has 0 atom stereocenters. The molecule has 8 nitrogen and oxygen atoms in total. The monoisotopic (exact) mass is 474 g/mol. The summed E-state index contributed by atoms with van der Waals surface area (Å²) in [5.41, 5.74) is 0.662. The van der Waals surface area contributed by atoms with Gasteiger partial charge >= 0.3 is 5.97 Å². The van der Waals surface area contributed by atoms with Gasteiger partial charge in [-0.2, -0.15) is 5.10 Å². The van der Waals surface area contributed by atoms with Gasteiger partial charge in [0.05, 0.1) is 12.8 Å². The number of esters is 1. The number of Topliss-reactive ketones (excluding diaryl/α,β-unsaturated/α-hetero) is 1. The third-order valence-electron chi connectivity index (χ3n) is 3.75. The molecule has 0 aliphatic rings. The van der Waals surface area contributed by atoms with Crippen LogP contribution in [0, 0.1) is 5.82 Å². The van der Waals surface area contributed by atoms with Crippen LogP contribution in [0.5, 0.6) is 5.88 Å². The maximum Gasteiger partial charge on any atom is 0.364 e. The third-order valence-corrected chi connectivity index (χ3v) is 4.28. The highest BCUT2D eigenvalue weighted by molar-refractivity contribution is 9.10. The number of halogens is 2. The number of benzene rings is 2. The van der Waals surface area contributed by atoms with Crippen molar-refractivity contribution in [2.24, 2.45) is 5.10 Å². The zero-order valence-electron chi connectivity index (χ0n) is 15.8. The molecule has 2 aromatic carbocycles. The minimum Gasteiger partial charge on any atom is -0.466 e. The standard InChI is InChI=1S/C20H16BrFN4O4/c1-2-29-20(28)18-19(30-12-17(27)14-6-8-15(21)9-7-14)26(25-24-18)23-11-13-4-3-5-16(22)10-13/h3-11H,2,12H2,1H3/b23-11+. The molecule has 0 unspecified atom stereocenters. The van der Waals surface area contributed by atoms with Crippen LogP contribution in [-0.2, 0) is 4.74 Å². The van der Waals surface area contributed by atoms with Gasteiger partial charge in [0.25, 0.3) is 5.88 Å². The van der Waals surface area contributed by atoms with Crippen LogP contribution in [0.15, 0.2) is 58.1 Å². The lowest BCUT2D eigenvalue weighted by molar-refractivity contribution is 0.0512. The first-order valence-corrected chi connectivity index (χ1v) is 9.61. The maximum absolute atomic E-state index is 13.3. The number of aromatic nitrogens is 3. The van der Waals surface area contributed by atoms with Gasteiger partial charge < -0.3 is 9.47 Å². The van der Waals surface area contributed by atoms with E-state index in [1.54, 1.807) is 37.3 Å². The normalized spacial score (nSPS) is 10.9. The molecule has 30 heavy (non-hydrogen) atoms. The summed E-state index contributed by atoms with van der Waals surface area (Å²) in [6.07, 6.45) is 1.32. The Labute approximate surface area is 179 Å². The smallest absolute Gasteiger partial charge is 0.364 e. The molecular formula is C20H16BrFN4O4. The van der Waals surface area contributed by atoms with Gasteiger partial charge in [-0.1, -0.05) is 45.0 Å². The second kappa shape index (κ2) is 9.88. The van der Waals surface area contributed by atoms with Crippen LogP contribution in [-0.4, -0.2) is 46.3 Å². The molecule has 0 N–H and O–H groups in total. The average molecular weight is 475 g/mol. The van der Waals surface area contributed by atoms with Gasteiger partial charge in [-0.25, -0.2) is 9.18 Å². The lowest BCUT2D eigenvalue weighted by Crippen LogP contribution is -2.15. The molecule has 1 heterocycles. The van der Waals surface area contributed by atoms with Crippen molar-refractivity contribution >= 4 is 33.9 Å². The topological polar surface area (TPSA) is 95.7 Å². The highest BCUT2D eigenvalue weighted by atomic mass is 79.9. The van der Waals surface area contributed by atoms with Gasteiger partial charge in [0.1, 0.15) is 5.82 Å². The van der Waals surface area contributed by atoms with Crippen molar-refractivity contribution in [3.63, 3.8) is 0 Å². The molecule has 0 saturated heterocycles. The Morgan fingerprint density at radius 1 is 1.23 bits per heavy atom. The highest BCUT2D eigenvalue weighted by Gasteiger charge is 2.23. The van der Waals surface area contributed by atoms with Crippen LogP contribution in [0.2, 0.25) is 0 Å². The molecule has 0 saturated carbocycles. The summed E-state index contributed by atoms with van der Waals surface area (Å²) in [6.45, 7) is 1.38. The number of nitrogens with zero attached hydrogens (tertiary/aromatic N) is 4. The van der Waals surface area contributed by atoms with Crippen molar-refractivity contribution in [2.45, 2.75) is 6.92 Å². The molecular weight excluding hydrogens is 459 g/mol. The molecule has 0 aliphatic heterocycles. The van der Waals surface area contributed by atoms with Crippen LogP contribution in [0.25, 0.3) is 0 Å². The van der Waals surface area contributed by atoms with Crippen molar-refractivity contribution in [2.75, 3.05) is 13.2 Å². The minimum absolute atomic E-state index is 0.121. The Bertz CT molecular complexity index is 1080. The SMILES string of the molecule is CCOC(=O)c1nnn(/N=C/c2cccc(F)c2)c1OCC(=O)c1ccc(Br)cc1. The Morgan fingerprint density at radius 2 is 2.00 bits per heavy atom. The zero-order valence-corrected chi connectivity index (χ0v) is 17.4. The fraction of sp³-hybridized carbons (Fsp3) is 0.150. The van der Waals surface area contributed by atoms with Crippen LogP contribution in [0.3, 0.4) is 0 Å². The van der Waals surface area contributed by atoms with Gasteiger partial charge in [-0.05, 0) is 42.0 Å². The van der Waals surface area contributed by atoms with Crippen molar-refractivity contribution in [1.29, 1.82) is 0 Å². The van der Waals surface area contributed by atoms with E-state index in [4.69, 9.17) is 9.47 Å². The Morgan fingerprint density at radius 3 is 2.70 bits per heavy atom. The molecule has 0 bridgehead atoms. The molecule has 0 fully saturated rings. The number of ketones is 1.